The predicted molar refractivity (Wildman–Crippen MR) is 84.9 cm³/mol. The highest BCUT2D eigenvalue weighted by Crippen LogP contribution is 2.29. The fourth-order valence-electron chi connectivity index (χ4n) is 2.65. The quantitative estimate of drug-likeness (QED) is 0.524. The Morgan fingerprint density at radius 3 is 2.86 bits per heavy atom. The molecule has 1 aromatic carbocycles. The van der Waals surface area contributed by atoms with Crippen molar-refractivity contribution in [3.05, 3.63) is 72.8 Å². The van der Waals surface area contributed by atoms with Crippen LogP contribution >= 0.6 is 0 Å². The molecule has 0 spiro atoms. The van der Waals surface area contributed by atoms with E-state index in [2.05, 4.69) is 6.58 Å². The van der Waals surface area contributed by atoms with E-state index in [9.17, 15) is 4.79 Å². The molecule has 112 valence electrons. The number of hydrogen-bond donors (Lipinski definition) is 0. The number of aromatic nitrogens is 1. The first-order valence-corrected chi connectivity index (χ1v) is 7.19. The van der Waals surface area contributed by atoms with Gasteiger partial charge in [0.2, 0.25) is 0 Å². The predicted octanol–water partition coefficient (Wildman–Crippen LogP) is 4.19. The second-order valence-electron chi connectivity index (χ2n) is 4.87. The van der Waals surface area contributed by atoms with Crippen LogP contribution < -0.4 is 0 Å². The zero-order valence-electron chi connectivity index (χ0n) is 12.4. The number of nitrogens with zero attached hydrogens (tertiary/aromatic N) is 1. The minimum Gasteiger partial charge on any atom is -0.467 e. The highest BCUT2D eigenvalue weighted by atomic mass is 16.5. The lowest BCUT2D eigenvalue weighted by atomic mass is 10.2. The smallest absolute Gasteiger partial charge is 0.355 e. The molecule has 0 unspecified atom stereocenters. The summed E-state index contributed by atoms with van der Waals surface area (Å²) in [5.41, 5.74) is 1.43. The van der Waals surface area contributed by atoms with E-state index in [1.807, 2.05) is 47.0 Å². The highest BCUT2D eigenvalue weighted by Gasteiger charge is 2.23. The topological polar surface area (TPSA) is 44.4 Å². The lowest BCUT2D eigenvalue weighted by molar-refractivity contribution is 0.0513. The van der Waals surface area contributed by atoms with Crippen LogP contribution in [0.15, 0.2) is 65.8 Å². The van der Waals surface area contributed by atoms with Crippen LogP contribution in [0.4, 0.5) is 0 Å². The number of carbonyl (C=O) groups is 1. The Morgan fingerprint density at radius 2 is 2.18 bits per heavy atom. The van der Waals surface area contributed by atoms with Crippen molar-refractivity contribution in [3.63, 3.8) is 0 Å². The summed E-state index contributed by atoms with van der Waals surface area (Å²) in [6.07, 6.45) is 3.37. The molecule has 0 fully saturated rings. The molecule has 0 bridgehead atoms. The van der Waals surface area contributed by atoms with Crippen molar-refractivity contribution >= 4 is 16.9 Å². The zero-order chi connectivity index (χ0) is 15.5. The standard InChI is InChI=1S/C18H17NO3/c1-3-14(17-10-7-11-22-17)19-15-9-6-5-8-13(15)12-16(19)18(20)21-4-2/h3,5-12,14H,1,4H2,2H3/t14-/m1/s1. The third kappa shape index (κ3) is 2.33. The van der Waals surface area contributed by atoms with Gasteiger partial charge in [-0.1, -0.05) is 24.3 Å². The van der Waals surface area contributed by atoms with Crippen LogP contribution in [-0.4, -0.2) is 17.1 Å². The van der Waals surface area contributed by atoms with Crippen molar-refractivity contribution < 1.29 is 13.9 Å². The number of hydrogen-bond acceptors (Lipinski definition) is 3. The normalized spacial score (nSPS) is 12.2. The molecule has 1 atom stereocenters. The molecular weight excluding hydrogens is 278 g/mol. The van der Waals surface area contributed by atoms with E-state index in [1.165, 1.54) is 0 Å². The van der Waals surface area contributed by atoms with Crippen molar-refractivity contribution in [2.45, 2.75) is 13.0 Å². The Kier molecular flexibility index (Phi) is 3.83. The van der Waals surface area contributed by atoms with Crippen molar-refractivity contribution in [2.24, 2.45) is 0 Å². The van der Waals surface area contributed by atoms with Gasteiger partial charge < -0.3 is 13.7 Å². The molecule has 0 N–H and O–H groups in total. The lowest BCUT2D eigenvalue weighted by Gasteiger charge is -2.17. The summed E-state index contributed by atoms with van der Waals surface area (Å²) in [7, 11) is 0. The summed E-state index contributed by atoms with van der Waals surface area (Å²) in [6.45, 7) is 6.02. The summed E-state index contributed by atoms with van der Waals surface area (Å²) in [5, 5.41) is 0.976. The number of rotatable bonds is 5. The number of benzene rings is 1. The maximum atomic E-state index is 12.3. The van der Waals surface area contributed by atoms with Crippen LogP contribution in [0.2, 0.25) is 0 Å². The van der Waals surface area contributed by atoms with Crippen LogP contribution in [0.25, 0.3) is 10.9 Å². The SMILES string of the molecule is C=C[C@H](c1ccco1)n1c(C(=O)OCC)cc2ccccc21. The van der Waals surface area contributed by atoms with Gasteiger partial charge in [-0.15, -0.1) is 6.58 Å². The molecule has 0 amide bonds. The van der Waals surface area contributed by atoms with Crippen molar-refractivity contribution in [1.82, 2.24) is 4.57 Å². The van der Waals surface area contributed by atoms with Crippen LogP contribution in [0.5, 0.6) is 0 Å². The fourth-order valence-corrected chi connectivity index (χ4v) is 2.65. The molecule has 22 heavy (non-hydrogen) atoms. The van der Waals surface area contributed by atoms with Gasteiger partial charge in [-0.2, -0.15) is 0 Å². The van der Waals surface area contributed by atoms with E-state index in [4.69, 9.17) is 9.15 Å². The molecule has 2 aromatic heterocycles. The van der Waals surface area contributed by atoms with Gasteiger partial charge in [-0.3, -0.25) is 0 Å². The number of carbonyl (C=O) groups excluding carboxylic acids is 1. The molecule has 0 saturated carbocycles. The molecule has 0 aliphatic rings. The average Bonchev–Trinajstić information content (AvgIpc) is 3.17. The summed E-state index contributed by atoms with van der Waals surface area (Å²) < 4.78 is 12.6. The maximum absolute atomic E-state index is 12.3. The number of furan rings is 1. The van der Waals surface area contributed by atoms with Crippen molar-refractivity contribution in [3.8, 4) is 0 Å². The van der Waals surface area contributed by atoms with Crippen molar-refractivity contribution in [2.75, 3.05) is 6.61 Å². The van der Waals surface area contributed by atoms with Crippen LogP contribution in [0, 0.1) is 0 Å². The molecule has 4 heteroatoms. The van der Waals surface area contributed by atoms with Gasteiger partial charge in [0.25, 0.3) is 0 Å². The molecule has 0 aliphatic heterocycles. The van der Waals surface area contributed by atoms with Crippen LogP contribution in [0.3, 0.4) is 0 Å². The Bertz CT molecular complexity index is 799. The Balaban J connectivity index is 2.23. The number of ether oxygens (including phenoxy) is 1. The zero-order valence-corrected chi connectivity index (χ0v) is 12.4. The number of para-hydroxylation sites is 1. The number of esters is 1. The minimum atomic E-state index is -0.350. The van der Waals surface area contributed by atoms with Gasteiger partial charge in [0.05, 0.1) is 12.9 Å². The Labute approximate surface area is 128 Å². The lowest BCUT2D eigenvalue weighted by Crippen LogP contribution is -2.16. The minimum absolute atomic E-state index is 0.269. The highest BCUT2D eigenvalue weighted by molar-refractivity contribution is 5.96. The first kappa shape index (κ1) is 14.2. The second-order valence-corrected chi connectivity index (χ2v) is 4.87. The van der Waals surface area contributed by atoms with E-state index >= 15 is 0 Å². The number of allylic oxidation sites excluding steroid dienone is 1. The van der Waals surface area contributed by atoms with Gasteiger partial charge in [0.15, 0.2) is 0 Å². The third-order valence-electron chi connectivity index (χ3n) is 3.57. The molecule has 0 radical (unpaired) electrons. The van der Waals surface area contributed by atoms with Gasteiger partial charge in [0.1, 0.15) is 17.5 Å². The summed E-state index contributed by atoms with van der Waals surface area (Å²) >= 11 is 0. The largest absolute Gasteiger partial charge is 0.467 e. The Morgan fingerprint density at radius 1 is 1.36 bits per heavy atom. The molecule has 0 aliphatic carbocycles. The second kappa shape index (κ2) is 5.93. The molecular formula is C18H17NO3. The number of fused-ring (bicyclic) bond motifs is 1. The van der Waals surface area contributed by atoms with E-state index in [0.717, 1.165) is 16.7 Å². The first-order valence-electron chi connectivity index (χ1n) is 7.19. The van der Waals surface area contributed by atoms with Crippen molar-refractivity contribution in [1.29, 1.82) is 0 Å². The molecule has 4 nitrogen and oxygen atoms in total. The average molecular weight is 295 g/mol. The van der Waals surface area contributed by atoms with Gasteiger partial charge in [-0.05, 0) is 31.2 Å². The molecule has 2 heterocycles. The van der Waals surface area contributed by atoms with Gasteiger partial charge in [-0.25, -0.2) is 4.79 Å². The van der Waals surface area contributed by atoms with E-state index in [0.29, 0.717) is 12.3 Å². The van der Waals surface area contributed by atoms with Gasteiger partial charge in [0, 0.05) is 10.9 Å². The summed E-state index contributed by atoms with van der Waals surface area (Å²) in [4.78, 5) is 12.3. The molecule has 3 aromatic rings. The fraction of sp³-hybridized carbons (Fsp3) is 0.167. The third-order valence-corrected chi connectivity index (χ3v) is 3.57. The van der Waals surface area contributed by atoms with E-state index < -0.39 is 0 Å². The summed E-state index contributed by atoms with van der Waals surface area (Å²) in [6, 6.07) is 13.1. The molecule has 3 rings (SSSR count). The van der Waals surface area contributed by atoms with Gasteiger partial charge >= 0.3 is 5.97 Å². The monoisotopic (exact) mass is 295 g/mol. The summed E-state index contributed by atoms with van der Waals surface area (Å²) in [5.74, 6) is 0.374. The van der Waals surface area contributed by atoms with E-state index in [-0.39, 0.29) is 12.0 Å². The van der Waals surface area contributed by atoms with E-state index in [1.54, 1.807) is 19.3 Å². The van der Waals surface area contributed by atoms with Crippen LogP contribution in [0.1, 0.15) is 29.2 Å². The molecule has 0 saturated heterocycles. The maximum Gasteiger partial charge on any atom is 0.355 e. The Hall–Kier alpha value is -2.75. The first-order chi connectivity index (χ1) is 10.8. The van der Waals surface area contributed by atoms with Crippen LogP contribution in [-0.2, 0) is 4.74 Å².